The summed E-state index contributed by atoms with van der Waals surface area (Å²) in [6.07, 6.45) is 2.53. The number of rotatable bonds is 2. The number of hydrogen-bond acceptors (Lipinski definition) is 3. The predicted molar refractivity (Wildman–Crippen MR) is 76.1 cm³/mol. The van der Waals surface area contributed by atoms with E-state index < -0.39 is 11.4 Å². The quantitative estimate of drug-likeness (QED) is 0.884. The zero-order chi connectivity index (χ0) is 13.6. The van der Waals surface area contributed by atoms with Crippen molar-refractivity contribution in [2.24, 2.45) is 0 Å². The Morgan fingerprint density at radius 2 is 1.89 bits per heavy atom. The second kappa shape index (κ2) is 4.15. The van der Waals surface area contributed by atoms with E-state index in [1.54, 1.807) is 0 Å². The second-order valence-electron chi connectivity index (χ2n) is 5.76. The summed E-state index contributed by atoms with van der Waals surface area (Å²) in [6, 6.07) is 6.08. The first kappa shape index (κ1) is 12.3. The fourth-order valence-electron chi connectivity index (χ4n) is 3.29. The molecule has 1 saturated carbocycles. The molecule has 1 aromatic carbocycles. The lowest BCUT2D eigenvalue weighted by Gasteiger charge is -2.44. The maximum absolute atomic E-state index is 11.7. The van der Waals surface area contributed by atoms with E-state index in [1.807, 2.05) is 12.1 Å². The molecule has 0 unspecified atom stereocenters. The van der Waals surface area contributed by atoms with E-state index in [9.17, 15) is 9.90 Å². The van der Waals surface area contributed by atoms with Crippen molar-refractivity contribution >= 4 is 17.3 Å². The highest BCUT2D eigenvalue weighted by molar-refractivity contribution is 5.89. The third-order valence-electron chi connectivity index (χ3n) is 4.71. The van der Waals surface area contributed by atoms with E-state index in [4.69, 9.17) is 0 Å². The molecule has 0 atom stereocenters. The van der Waals surface area contributed by atoms with Crippen LogP contribution in [-0.2, 0) is 10.2 Å². The van der Waals surface area contributed by atoms with Crippen LogP contribution >= 0.6 is 0 Å². The molecule has 0 aromatic heterocycles. The van der Waals surface area contributed by atoms with Gasteiger partial charge in [-0.3, -0.25) is 4.79 Å². The number of nitrogens with zero attached hydrogens (tertiary/aromatic N) is 2. The van der Waals surface area contributed by atoms with Gasteiger partial charge in [0, 0.05) is 27.2 Å². The summed E-state index contributed by atoms with van der Waals surface area (Å²) in [4.78, 5) is 16.2. The van der Waals surface area contributed by atoms with Crippen molar-refractivity contribution in [2.75, 3.05) is 37.0 Å². The zero-order valence-corrected chi connectivity index (χ0v) is 11.5. The molecule has 1 heterocycles. The topological polar surface area (TPSA) is 43.8 Å². The lowest BCUT2D eigenvalue weighted by Crippen LogP contribution is -2.45. The molecule has 1 aromatic rings. The summed E-state index contributed by atoms with van der Waals surface area (Å²) in [5.41, 5.74) is 2.60. The maximum Gasteiger partial charge on any atom is 0.314 e. The van der Waals surface area contributed by atoms with Gasteiger partial charge in [0.05, 0.1) is 16.8 Å². The third-order valence-corrected chi connectivity index (χ3v) is 4.71. The van der Waals surface area contributed by atoms with Gasteiger partial charge >= 0.3 is 5.97 Å². The van der Waals surface area contributed by atoms with Crippen LogP contribution in [0.4, 0.5) is 11.4 Å². The summed E-state index contributed by atoms with van der Waals surface area (Å²) >= 11 is 0. The van der Waals surface area contributed by atoms with Crippen molar-refractivity contribution in [3.05, 3.63) is 23.8 Å². The third kappa shape index (κ3) is 1.62. The van der Waals surface area contributed by atoms with Crippen LogP contribution in [0.2, 0.25) is 0 Å². The van der Waals surface area contributed by atoms with Gasteiger partial charge in [0.25, 0.3) is 0 Å². The Kier molecular flexibility index (Phi) is 2.69. The molecule has 1 aliphatic carbocycles. The molecule has 4 heteroatoms. The first-order chi connectivity index (χ1) is 9.06. The van der Waals surface area contributed by atoms with Gasteiger partial charge in [-0.25, -0.2) is 0 Å². The summed E-state index contributed by atoms with van der Waals surface area (Å²) in [5, 5.41) is 9.66. The van der Waals surface area contributed by atoms with E-state index in [-0.39, 0.29) is 0 Å². The Bertz CT molecular complexity index is 523. The predicted octanol–water partition coefficient (Wildman–Crippen LogP) is 2.08. The van der Waals surface area contributed by atoms with Gasteiger partial charge in [-0.2, -0.15) is 0 Å². The number of fused-ring (bicyclic) bond motifs is 1. The average Bonchev–Trinajstić information content (AvgIpc) is 2.32. The lowest BCUT2D eigenvalue weighted by atomic mass is 9.63. The van der Waals surface area contributed by atoms with Crippen molar-refractivity contribution in [3.8, 4) is 0 Å². The lowest BCUT2D eigenvalue weighted by molar-refractivity contribution is -0.147. The van der Waals surface area contributed by atoms with Crippen molar-refractivity contribution in [2.45, 2.75) is 24.7 Å². The normalized spacial score (nSPS) is 20.7. The van der Waals surface area contributed by atoms with E-state index in [1.165, 1.54) is 0 Å². The summed E-state index contributed by atoms with van der Waals surface area (Å²) in [5.74, 6) is -0.672. The molecule has 0 spiro atoms. The van der Waals surface area contributed by atoms with E-state index in [2.05, 4.69) is 30.0 Å². The molecular formula is C15H20N2O2. The number of anilines is 2. The molecular weight excluding hydrogens is 240 g/mol. The van der Waals surface area contributed by atoms with E-state index in [0.717, 1.165) is 49.3 Å². The first-order valence-corrected chi connectivity index (χ1v) is 6.85. The highest BCUT2D eigenvalue weighted by Gasteiger charge is 2.48. The van der Waals surface area contributed by atoms with Crippen LogP contribution in [0.25, 0.3) is 0 Å². The van der Waals surface area contributed by atoms with E-state index >= 15 is 0 Å². The number of aliphatic carboxylic acids is 1. The molecule has 0 amide bonds. The standard InChI is InChI=1S/C15H20N2O2/c1-16-9-10-17(2)13-11(5-3-6-12(13)16)15(14(18)19)7-4-8-15/h3,5-6H,4,7-10H2,1-2H3,(H,18,19). The largest absolute Gasteiger partial charge is 0.481 e. The molecule has 4 nitrogen and oxygen atoms in total. The van der Waals surface area contributed by atoms with E-state index in [0.29, 0.717) is 0 Å². The van der Waals surface area contributed by atoms with Gasteiger partial charge in [0.15, 0.2) is 0 Å². The highest BCUT2D eigenvalue weighted by Crippen LogP contribution is 2.50. The van der Waals surface area contributed by atoms with Crippen LogP contribution in [0, 0.1) is 0 Å². The van der Waals surface area contributed by atoms with Crippen molar-refractivity contribution in [3.63, 3.8) is 0 Å². The molecule has 3 rings (SSSR count). The number of carbonyl (C=O) groups is 1. The Balaban J connectivity index is 2.17. The number of hydrogen-bond donors (Lipinski definition) is 1. The first-order valence-electron chi connectivity index (χ1n) is 6.85. The van der Waals surface area contributed by atoms with Gasteiger partial charge < -0.3 is 14.9 Å². The number of para-hydroxylation sites is 1. The molecule has 0 bridgehead atoms. The number of likely N-dealkylation sites (N-methyl/N-ethyl adjacent to an activating group) is 2. The molecule has 1 aliphatic heterocycles. The summed E-state index contributed by atoms with van der Waals surface area (Å²) in [7, 11) is 4.13. The average molecular weight is 260 g/mol. The van der Waals surface area contributed by atoms with Gasteiger partial charge in [-0.1, -0.05) is 18.6 Å². The smallest absolute Gasteiger partial charge is 0.314 e. The van der Waals surface area contributed by atoms with Gasteiger partial charge in [-0.15, -0.1) is 0 Å². The second-order valence-corrected chi connectivity index (χ2v) is 5.76. The molecule has 0 saturated heterocycles. The molecule has 1 fully saturated rings. The van der Waals surface area contributed by atoms with Crippen molar-refractivity contribution in [1.29, 1.82) is 0 Å². The Labute approximate surface area is 113 Å². The maximum atomic E-state index is 11.7. The SMILES string of the molecule is CN1CCN(C)c2c1cccc2C1(C(=O)O)CCC1. The summed E-state index contributed by atoms with van der Waals surface area (Å²) < 4.78 is 0. The molecule has 2 aliphatic rings. The van der Waals surface area contributed by atoms with Crippen molar-refractivity contribution < 1.29 is 9.90 Å². The fraction of sp³-hybridized carbons (Fsp3) is 0.533. The van der Waals surface area contributed by atoms with Crippen LogP contribution in [-0.4, -0.2) is 38.3 Å². The fourth-order valence-corrected chi connectivity index (χ4v) is 3.29. The molecule has 102 valence electrons. The Morgan fingerprint density at radius 1 is 1.21 bits per heavy atom. The van der Waals surface area contributed by atoms with Gasteiger partial charge in [-0.05, 0) is 24.5 Å². The van der Waals surface area contributed by atoms with Gasteiger partial charge in [0.1, 0.15) is 0 Å². The van der Waals surface area contributed by atoms with Crippen LogP contribution < -0.4 is 9.80 Å². The minimum absolute atomic E-state index is 0.655. The van der Waals surface area contributed by atoms with Crippen LogP contribution in [0.15, 0.2) is 18.2 Å². The minimum atomic E-state index is -0.672. The monoisotopic (exact) mass is 260 g/mol. The van der Waals surface area contributed by atoms with Crippen LogP contribution in [0.3, 0.4) is 0 Å². The highest BCUT2D eigenvalue weighted by atomic mass is 16.4. The molecule has 0 radical (unpaired) electrons. The van der Waals surface area contributed by atoms with Crippen molar-refractivity contribution in [1.82, 2.24) is 0 Å². The molecule has 1 N–H and O–H groups in total. The minimum Gasteiger partial charge on any atom is -0.481 e. The van der Waals surface area contributed by atoms with Crippen LogP contribution in [0.5, 0.6) is 0 Å². The Hall–Kier alpha value is -1.71. The number of carboxylic acids is 1. The summed E-state index contributed by atoms with van der Waals surface area (Å²) in [6.45, 7) is 1.92. The number of benzene rings is 1. The van der Waals surface area contributed by atoms with Gasteiger partial charge in [0.2, 0.25) is 0 Å². The number of carboxylic acid groups (broad SMARTS) is 1. The Morgan fingerprint density at radius 3 is 2.47 bits per heavy atom. The zero-order valence-electron chi connectivity index (χ0n) is 11.5. The van der Waals surface area contributed by atoms with Crippen LogP contribution in [0.1, 0.15) is 24.8 Å². The molecule has 19 heavy (non-hydrogen) atoms.